The summed E-state index contributed by atoms with van der Waals surface area (Å²) < 4.78 is 0. The number of rotatable bonds is 7. The van der Waals surface area contributed by atoms with Crippen LogP contribution in [0.15, 0.2) is 36.5 Å². The van der Waals surface area contributed by atoms with Gasteiger partial charge in [0.2, 0.25) is 0 Å². The fourth-order valence-corrected chi connectivity index (χ4v) is 4.14. The van der Waals surface area contributed by atoms with Crippen molar-refractivity contribution in [3.63, 3.8) is 0 Å². The largest absolute Gasteiger partial charge is 0.293 e. The molecule has 25 heavy (non-hydrogen) atoms. The molecule has 4 heteroatoms. The SMILES string of the molecule is CCN(CC)C1(NCC(=O)c2cnc3ccccc3c2)CCCCC1. The Morgan fingerprint density at radius 2 is 1.88 bits per heavy atom. The minimum Gasteiger partial charge on any atom is -0.293 e. The van der Waals surface area contributed by atoms with Gasteiger partial charge in [-0.05, 0) is 38.1 Å². The highest BCUT2D eigenvalue weighted by molar-refractivity contribution is 6.00. The van der Waals surface area contributed by atoms with E-state index in [4.69, 9.17) is 0 Å². The molecule has 1 N–H and O–H groups in total. The highest BCUT2D eigenvalue weighted by Gasteiger charge is 2.36. The summed E-state index contributed by atoms with van der Waals surface area (Å²) >= 11 is 0. The van der Waals surface area contributed by atoms with Crippen LogP contribution in [0.2, 0.25) is 0 Å². The Balaban J connectivity index is 1.74. The fraction of sp³-hybridized carbons (Fsp3) is 0.524. The third-order valence-corrected chi connectivity index (χ3v) is 5.54. The minimum absolute atomic E-state index is 0.0261. The molecule has 0 saturated heterocycles. The minimum atomic E-state index is -0.0261. The topological polar surface area (TPSA) is 45.2 Å². The second kappa shape index (κ2) is 8.07. The number of aromatic nitrogens is 1. The molecule has 0 bridgehead atoms. The second-order valence-corrected chi connectivity index (χ2v) is 6.96. The Labute approximate surface area is 150 Å². The lowest BCUT2D eigenvalue weighted by Crippen LogP contribution is -2.60. The van der Waals surface area contributed by atoms with E-state index >= 15 is 0 Å². The highest BCUT2D eigenvalue weighted by Crippen LogP contribution is 2.31. The van der Waals surface area contributed by atoms with Crippen molar-refractivity contribution < 1.29 is 4.79 Å². The molecule has 4 nitrogen and oxygen atoms in total. The van der Waals surface area contributed by atoms with Gasteiger partial charge in [0.25, 0.3) is 0 Å². The van der Waals surface area contributed by atoms with Gasteiger partial charge in [-0.25, -0.2) is 0 Å². The van der Waals surface area contributed by atoms with Crippen LogP contribution >= 0.6 is 0 Å². The Morgan fingerprint density at radius 3 is 2.60 bits per heavy atom. The van der Waals surface area contributed by atoms with Gasteiger partial charge in [-0.3, -0.25) is 20.0 Å². The first kappa shape index (κ1) is 18.0. The molecular formula is C21H29N3O. The van der Waals surface area contributed by atoms with Crippen LogP contribution in [0.3, 0.4) is 0 Å². The zero-order valence-corrected chi connectivity index (χ0v) is 15.4. The summed E-state index contributed by atoms with van der Waals surface area (Å²) in [6.45, 7) is 6.80. The van der Waals surface area contributed by atoms with Crippen molar-refractivity contribution in [1.82, 2.24) is 15.2 Å². The Morgan fingerprint density at radius 1 is 1.16 bits per heavy atom. The van der Waals surface area contributed by atoms with Crippen LogP contribution in [0.1, 0.15) is 56.3 Å². The Bertz CT molecular complexity index is 718. The molecule has 1 aromatic heterocycles. The summed E-state index contributed by atoms with van der Waals surface area (Å²) in [4.78, 5) is 19.7. The number of fused-ring (bicyclic) bond motifs is 1. The molecule has 1 aliphatic carbocycles. The van der Waals surface area contributed by atoms with E-state index in [1.807, 2.05) is 30.3 Å². The van der Waals surface area contributed by atoms with Gasteiger partial charge in [0.15, 0.2) is 5.78 Å². The van der Waals surface area contributed by atoms with Gasteiger partial charge in [-0.15, -0.1) is 0 Å². The molecule has 0 spiro atoms. The van der Waals surface area contributed by atoms with Crippen molar-refractivity contribution in [2.75, 3.05) is 19.6 Å². The fourth-order valence-electron chi connectivity index (χ4n) is 4.14. The molecule has 0 radical (unpaired) electrons. The molecule has 1 heterocycles. The normalized spacial score (nSPS) is 17.1. The van der Waals surface area contributed by atoms with Gasteiger partial charge in [0.1, 0.15) is 0 Å². The number of hydrogen-bond donors (Lipinski definition) is 1. The van der Waals surface area contributed by atoms with Crippen molar-refractivity contribution in [2.24, 2.45) is 0 Å². The summed E-state index contributed by atoms with van der Waals surface area (Å²) in [6.07, 6.45) is 7.71. The molecule has 1 aliphatic rings. The predicted molar refractivity (Wildman–Crippen MR) is 103 cm³/mol. The van der Waals surface area contributed by atoms with E-state index in [1.165, 1.54) is 19.3 Å². The third-order valence-electron chi connectivity index (χ3n) is 5.54. The standard InChI is InChI=1S/C21H29N3O/c1-3-24(4-2)21(12-8-5-9-13-21)23-16-20(25)18-14-17-10-6-7-11-19(17)22-15-18/h6-7,10-11,14-15,23H,3-5,8-9,12-13,16H2,1-2H3. The number of pyridine rings is 1. The maximum absolute atomic E-state index is 12.8. The van der Waals surface area contributed by atoms with E-state index in [2.05, 4.69) is 29.0 Å². The first-order valence-corrected chi connectivity index (χ1v) is 9.56. The van der Waals surface area contributed by atoms with Gasteiger partial charge in [0, 0.05) is 17.1 Å². The quantitative estimate of drug-likeness (QED) is 0.611. The number of Topliss-reactive ketones (excluding diaryl/α,β-unsaturated/α-hetero) is 1. The average molecular weight is 339 g/mol. The summed E-state index contributed by atoms with van der Waals surface area (Å²) in [5, 5.41) is 4.65. The van der Waals surface area contributed by atoms with Crippen LogP contribution in [0.5, 0.6) is 0 Å². The smallest absolute Gasteiger partial charge is 0.178 e. The summed E-state index contributed by atoms with van der Waals surface area (Å²) in [7, 11) is 0. The van der Waals surface area contributed by atoms with E-state index in [9.17, 15) is 4.79 Å². The van der Waals surface area contributed by atoms with Crippen molar-refractivity contribution in [3.05, 3.63) is 42.1 Å². The van der Waals surface area contributed by atoms with Crippen LogP contribution in [-0.4, -0.2) is 41.0 Å². The molecule has 1 fully saturated rings. The summed E-state index contributed by atoms with van der Waals surface area (Å²) in [6, 6.07) is 9.88. The summed E-state index contributed by atoms with van der Waals surface area (Å²) in [5.74, 6) is 0.121. The van der Waals surface area contributed by atoms with E-state index in [-0.39, 0.29) is 11.4 Å². The molecule has 0 aliphatic heterocycles. The first-order chi connectivity index (χ1) is 12.2. The third kappa shape index (κ3) is 3.91. The number of carbonyl (C=O) groups excluding carboxylic acids is 1. The second-order valence-electron chi connectivity index (χ2n) is 6.96. The number of nitrogens with one attached hydrogen (secondary N) is 1. The predicted octanol–water partition coefficient (Wildman–Crippen LogP) is 4.01. The van der Waals surface area contributed by atoms with Gasteiger partial charge >= 0.3 is 0 Å². The van der Waals surface area contributed by atoms with Crippen LogP contribution in [0.4, 0.5) is 0 Å². The molecule has 2 aromatic rings. The van der Waals surface area contributed by atoms with E-state index in [1.54, 1.807) is 6.20 Å². The van der Waals surface area contributed by atoms with Gasteiger partial charge < -0.3 is 0 Å². The van der Waals surface area contributed by atoms with E-state index < -0.39 is 0 Å². The number of benzene rings is 1. The monoisotopic (exact) mass is 339 g/mol. The van der Waals surface area contributed by atoms with Gasteiger partial charge in [-0.2, -0.15) is 0 Å². The number of para-hydroxylation sites is 1. The number of carbonyl (C=O) groups is 1. The average Bonchev–Trinajstić information content (AvgIpc) is 2.67. The van der Waals surface area contributed by atoms with E-state index in [0.29, 0.717) is 12.1 Å². The van der Waals surface area contributed by atoms with E-state index in [0.717, 1.165) is 36.8 Å². The lowest BCUT2D eigenvalue weighted by Gasteiger charge is -2.46. The van der Waals surface area contributed by atoms with Crippen molar-refractivity contribution >= 4 is 16.7 Å². The first-order valence-electron chi connectivity index (χ1n) is 9.56. The zero-order valence-electron chi connectivity index (χ0n) is 15.4. The van der Waals surface area contributed by atoms with Crippen LogP contribution in [0.25, 0.3) is 10.9 Å². The van der Waals surface area contributed by atoms with Crippen molar-refractivity contribution in [3.8, 4) is 0 Å². The maximum atomic E-state index is 12.8. The molecule has 134 valence electrons. The molecule has 0 atom stereocenters. The van der Waals surface area contributed by atoms with Crippen molar-refractivity contribution in [1.29, 1.82) is 0 Å². The molecule has 3 rings (SSSR count). The number of ketones is 1. The molecule has 1 aromatic carbocycles. The van der Waals surface area contributed by atoms with Gasteiger partial charge in [-0.1, -0.05) is 51.3 Å². The molecule has 1 saturated carbocycles. The highest BCUT2D eigenvalue weighted by atomic mass is 16.1. The number of nitrogens with zero attached hydrogens (tertiary/aromatic N) is 2. The Hall–Kier alpha value is -1.78. The van der Waals surface area contributed by atoms with Crippen molar-refractivity contribution in [2.45, 2.75) is 51.6 Å². The van der Waals surface area contributed by atoms with Crippen LogP contribution in [0, 0.1) is 0 Å². The lowest BCUT2D eigenvalue weighted by atomic mass is 9.87. The summed E-state index contributed by atoms with van der Waals surface area (Å²) in [5.41, 5.74) is 1.59. The molecular weight excluding hydrogens is 310 g/mol. The van der Waals surface area contributed by atoms with Crippen LogP contribution in [-0.2, 0) is 0 Å². The van der Waals surface area contributed by atoms with Crippen LogP contribution < -0.4 is 5.32 Å². The lowest BCUT2D eigenvalue weighted by molar-refractivity contribution is 0.0279. The zero-order chi connectivity index (χ0) is 17.7. The molecule has 0 unspecified atom stereocenters. The Kier molecular flexibility index (Phi) is 5.82. The number of hydrogen-bond acceptors (Lipinski definition) is 4. The molecule has 0 amide bonds. The maximum Gasteiger partial charge on any atom is 0.178 e. The van der Waals surface area contributed by atoms with Gasteiger partial charge in [0.05, 0.1) is 17.7 Å².